The third-order valence-corrected chi connectivity index (χ3v) is 1.56. The Morgan fingerprint density at radius 3 is 2.40 bits per heavy atom. The summed E-state index contributed by atoms with van der Waals surface area (Å²) in [4.78, 5) is 21.2. The summed E-state index contributed by atoms with van der Waals surface area (Å²) in [7, 11) is 0. The fraction of sp³-hybridized carbons (Fsp3) is 0.778. The lowest BCUT2D eigenvalue weighted by Crippen LogP contribution is -2.37. The van der Waals surface area contributed by atoms with Crippen molar-refractivity contribution in [3.05, 3.63) is 0 Å². The number of aliphatic hydroxyl groups is 1. The first-order chi connectivity index (χ1) is 6.91. The molecule has 0 saturated carbocycles. The minimum Gasteiger partial charge on any atom is -0.480 e. The molecule has 0 aliphatic rings. The molecule has 3 N–H and O–H groups in total. The van der Waals surface area contributed by atoms with Gasteiger partial charge in [-0.2, -0.15) is 0 Å². The highest BCUT2D eigenvalue weighted by atomic mass is 16.5. The summed E-state index contributed by atoms with van der Waals surface area (Å²) < 4.78 is 4.59. The molecule has 88 valence electrons. The van der Waals surface area contributed by atoms with Crippen LogP contribution in [-0.4, -0.2) is 47.4 Å². The minimum absolute atomic E-state index is 0.161. The first-order valence-corrected chi connectivity index (χ1v) is 4.68. The molecule has 0 aromatic heterocycles. The number of ether oxygens (including phenoxy) is 1. The molecule has 0 aromatic carbocycles. The fourth-order valence-electron chi connectivity index (χ4n) is 1.12. The maximum Gasteiger partial charge on any atom is 0.329 e. The SMILES string of the molecule is CC(O)CC(C)NC(=O)COCC(=O)O. The van der Waals surface area contributed by atoms with Gasteiger partial charge in [0.05, 0.1) is 6.10 Å². The molecule has 0 aliphatic carbocycles. The fourth-order valence-corrected chi connectivity index (χ4v) is 1.12. The highest BCUT2D eigenvalue weighted by Gasteiger charge is 2.10. The number of aliphatic carboxylic acids is 1. The lowest BCUT2D eigenvalue weighted by atomic mass is 10.1. The van der Waals surface area contributed by atoms with Crippen LogP contribution in [0.15, 0.2) is 0 Å². The molecule has 0 fully saturated rings. The molecule has 0 bridgehead atoms. The molecule has 0 saturated heterocycles. The van der Waals surface area contributed by atoms with E-state index in [1.165, 1.54) is 0 Å². The van der Waals surface area contributed by atoms with Crippen LogP contribution in [0.1, 0.15) is 20.3 Å². The molecule has 0 radical (unpaired) electrons. The van der Waals surface area contributed by atoms with Gasteiger partial charge in [0, 0.05) is 6.04 Å². The lowest BCUT2D eigenvalue weighted by molar-refractivity contribution is -0.143. The van der Waals surface area contributed by atoms with E-state index in [1.807, 2.05) is 0 Å². The lowest BCUT2D eigenvalue weighted by Gasteiger charge is -2.15. The van der Waals surface area contributed by atoms with E-state index >= 15 is 0 Å². The van der Waals surface area contributed by atoms with Crippen LogP contribution in [0, 0.1) is 0 Å². The molecule has 0 rings (SSSR count). The van der Waals surface area contributed by atoms with Gasteiger partial charge in [-0.1, -0.05) is 0 Å². The van der Waals surface area contributed by atoms with Crippen molar-refractivity contribution in [3.8, 4) is 0 Å². The van der Waals surface area contributed by atoms with Crippen LogP contribution in [0.4, 0.5) is 0 Å². The van der Waals surface area contributed by atoms with E-state index in [-0.39, 0.29) is 18.6 Å². The van der Waals surface area contributed by atoms with E-state index in [2.05, 4.69) is 10.1 Å². The summed E-state index contributed by atoms with van der Waals surface area (Å²) in [5, 5.41) is 19.8. The molecule has 0 heterocycles. The quantitative estimate of drug-likeness (QED) is 0.529. The van der Waals surface area contributed by atoms with E-state index < -0.39 is 18.7 Å². The molecule has 2 unspecified atom stereocenters. The van der Waals surface area contributed by atoms with E-state index in [9.17, 15) is 9.59 Å². The number of aliphatic hydroxyl groups excluding tert-OH is 1. The molecule has 1 amide bonds. The van der Waals surface area contributed by atoms with Gasteiger partial charge >= 0.3 is 5.97 Å². The third-order valence-electron chi connectivity index (χ3n) is 1.56. The Hall–Kier alpha value is -1.14. The van der Waals surface area contributed by atoms with Crippen molar-refractivity contribution in [3.63, 3.8) is 0 Å². The van der Waals surface area contributed by atoms with Gasteiger partial charge in [0.2, 0.25) is 5.91 Å². The van der Waals surface area contributed by atoms with Crippen molar-refractivity contribution in [2.24, 2.45) is 0 Å². The van der Waals surface area contributed by atoms with Gasteiger partial charge in [-0.3, -0.25) is 4.79 Å². The molecule has 0 aliphatic heterocycles. The zero-order valence-corrected chi connectivity index (χ0v) is 8.90. The summed E-state index contributed by atoms with van der Waals surface area (Å²) in [6.07, 6.45) is -0.0368. The smallest absolute Gasteiger partial charge is 0.329 e. The summed E-state index contributed by atoms with van der Waals surface area (Å²) in [5.41, 5.74) is 0. The molecule has 0 spiro atoms. The van der Waals surface area contributed by atoms with Gasteiger partial charge in [0.15, 0.2) is 0 Å². The van der Waals surface area contributed by atoms with Crippen LogP contribution >= 0.6 is 0 Å². The summed E-state index contributed by atoms with van der Waals surface area (Å²) >= 11 is 0. The van der Waals surface area contributed by atoms with Crippen LogP contribution in [0.25, 0.3) is 0 Å². The van der Waals surface area contributed by atoms with Gasteiger partial charge in [-0.05, 0) is 20.3 Å². The standard InChI is InChI=1S/C9H17NO5/c1-6(3-7(2)11)10-8(12)4-15-5-9(13)14/h6-7,11H,3-5H2,1-2H3,(H,10,12)(H,13,14). The summed E-state index contributed by atoms with van der Waals surface area (Å²) in [6.45, 7) is 2.61. The molecular formula is C9H17NO5. The number of carboxylic acids is 1. The van der Waals surface area contributed by atoms with E-state index in [0.717, 1.165) is 0 Å². The Kier molecular flexibility index (Phi) is 6.64. The van der Waals surface area contributed by atoms with Crippen LogP contribution in [0.3, 0.4) is 0 Å². The van der Waals surface area contributed by atoms with E-state index in [4.69, 9.17) is 10.2 Å². The molecule has 15 heavy (non-hydrogen) atoms. The largest absolute Gasteiger partial charge is 0.480 e. The van der Waals surface area contributed by atoms with Crippen molar-refractivity contribution in [2.45, 2.75) is 32.4 Å². The van der Waals surface area contributed by atoms with Gasteiger partial charge in [-0.25, -0.2) is 4.79 Å². The van der Waals surface area contributed by atoms with Crippen molar-refractivity contribution in [1.29, 1.82) is 0 Å². The zero-order valence-electron chi connectivity index (χ0n) is 8.90. The number of rotatable bonds is 7. The number of hydrogen-bond acceptors (Lipinski definition) is 4. The van der Waals surface area contributed by atoms with Crippen LogP contribution in [-0.2, 0) is 14.3 Å². The van der Waals surface area contributed by atoms with E-state index in [0.29, 0.717) is 6.42 Å². The highest BCUT2D eigenvalue weighted by molar-refractivity contribution is 5.78. The number of hydrogen-bond donors (Lipinski definition) is 3. The van der Waals surface area contributed by atoms with Gasteiger partial charge in [0.25, 0.3) is 0 Å². The topological polar surface area (TPSA) is 95.9 Å². The van der Waals surface area contributed by atoms with Crippen molar-refractivity contribution < 1.29 is 24.5 Å². The van der Waals surface area contributed by atoms with Crippen molar-refractivity contribution in [1.82, 2.24) is 5.32 Å². The second-order valence-electron chi connectivity index (χ2n) is 3.44. The van der Waals surface area contributed by atoms with Gasteiger partial charge < -0.3 is 20.3 Å². The Morgan fingerprint density at radius 2 is 1.93 bits per heavy atom. The number of carbonyl (C=O) groups excluding carboxylic acids is 1. The Morgan fingerprint density at radius 1 is 1.33 bits per heavy atom. The molecule has 0 aromatic rings. The molecule has 2 atom stereocenters. The Bertz CT molecular complexity index is 217. The summed E-state index contributed by atoms with van der Waals surface area (Å²) in [5.74, 6) is -1.50. The highest BCUT2D eigenvalue weighted by Crippen LogP contribution is 1.96. The van der Waals surface area contributed by atoms with Crippen LogP contribution in [0.5, 0.6) is 0 Å². The molecule has 6 heteroatoms. The summed E-state index contributed by atoms with van der Waals surface area (Å²) in [6, 6.07) is -0.161. The first kappa shape index (κ1) is 13.9. The maximum atomic E-state index is 11.1. The number of carbonyl (C=O) groups is 2. The second-order valence-corrected chi connectivity index (χ2v) is 3.44. The Labute approximate surface area is 88.2 Å². The minimum atomic E-state index is -1.11. The average Bonchev–Trinajstić information content (AvgIpc) is 2.00. The van der Waals surface area contributed by atoms with Crippen molar-refractivity contribution >= 4 is 11.9 Å². The number of carboxylic acid groups (broad SMARTS) is 1. The second kappa shape index (κ2) is 7.19. The monoisotopic (exact) mass is 219 g/mol. The number of amides is 1. The first-order valence-electron chi connectivity index (χ1n) is 4.68. The van der Waals surface area contributed by atoms with Crippen LogP contribution in [0.2, 0.25) is 0 Å². The third kappa shape index (κ3) is 9.17. The predicted octanol–water partition coefficient (Wildman–Crippen LogP) is -0.637. The maximum absolute atomic E-state index is 11.1. The number of nitrogens with one attached hydrogen (secondary N) is 1. The van der Waals surface area contributed by atoms with Gasteiger partial charge in [-0.15, -0.1) is 0 Å². The van der Waals surface area contributed by atoms with Crippen molar-refractivity contribution in [2.75, 3.05) is 13.2 Å². The van der Waals surface area contributed by atoms with E-state index in [1.54, 1.807) is 13.8 Å². The molecule has 6 nitrogen and oxygen atoms in total. The average molecular weight is 219 g/mol. The van der Waals surface area contributed by atoms with Crippen LogP contribution < -0.4 is 5.32 Å². The predicted molar refractivity (Wildman–Crippen MR) is 52.4 cm³/mol. The molecular weight excluding hydrogens is 202 g/mol. The Balaban J connectivity index is 3.60. The zero-order chi connectivity index (χ0) is 11.8. The normalized spacial score (nSPS) is 14.3. The van der Waals surface area contributed by atoms with Gasteiger partial charge in [0.1, 0.15) is 13.2 Å².